The van der Waals surface area contributed by atoms with Gasteiger partial charge in [0.1, 0.15) is 11.5 Å². The molecule has 38 heavy (non-hydrogen) atoms. The molecule has 1 aliphatic rings. The first-order valence-electron chi connectivity index (χ1n) is 13.1. The minimum atomic E-state index is -0.731. The van der Waals surface area contributed by atoms with Crippen LogP contribution in [-0.4, -0.2) is 33.3 Å². The van der Waals surface area contributed by atoms with Gasteiger partial charge in [0.05, 0.1) is 18.2 Å². The molecule has 1 aromatic heterocycles. The summed E-state index contributed by atoms with van der Waals surface area (Å²) in [5, 5.41) is 11.5. The zero-order valence-electron chi connectivity index (χ0n) is 22.8. The lowest BCUT2D eigenvalue weighted by Gasteiger charge is -2.26. The first-order valence-corrected chi connectivity index (χ1v) is 13.1. The number of ether oxygens (including phenoxy) is 1. The van der Waals surface area contributed by atoms with E-state index in [2.05, 4.69) is 32.7 Å². The summed E-state index contributed by atoms with van der Waals surface area (Å²) < 4.78 is 5.86. The van der Waals surface area contributed by atoms with Crippen LogP contribution in [0.25, 0.3) is 5.76 Å². The van der Waals surface area contributed by atoms with E-state index in [9.17, 15) is 14.7 Å². The van der Waals surface area contributed by atoms with Gasteiger partial charge in [0, 0.05) is 24.5 Å². The predicted molar refractivity (Wildman–Crippen MR) is 149 cm³/mol. The average Bonchev–Trinajstić information content (AvgIpc) is 3.14. The highest BCUT2D eigenvalue weighted by Gasteiger charge is 2.46. The van der Waals surface area contributed by atoms with E-state index in [1.807, 2.05) is 37.3 Å². The fourth-order valence-corrected chi connectivity index (χ4v) is 4.68. The van der Waals surface area contributed by atoms with Gasteiger partial charge in [-0.25, -0.2) is 0 Å². The van der Waals surface area contributed by atoms with Gasteiger partial charge in [-0.05, 0) is 65.3 Å². The number of hydrogen-bond acceptors (Lipinski definition) is 5. The van der Waals surface area contributed by atoms with Gasteiger partial charge in [-0.2, -0.15) is 0 Å². The summed E-state index contributed by atoms with van der Waals surface area (Å²) in [4.78, 5) is 32.4. The van der Waals surface area contributed by atoms with E-state index in [1.165, 1.54) is 4.90 Å². The van der Waals surface area contributed by atoms with E-state index in [0.29, 0.717) is 12.2 Å². The van der Waals surface area contributed by atoms with E-state index >= 15 is 0 Å². The van der Waals surface area contributed by atoms with Crippen LogP contribution in [0.15, 0.2) is 72.6 Å². The third-order valence-electron chi connectivity index (χ3n) is 6.91. The van der Waals surface area contributed by atoms with E-state index in [1.54, 1.807) is 36.7 Å². The van der Waals surface area contributed by atoms with Gasteiger partial charge in [0.2, 0.25) is 0 Å². The second kappa shape index (κ2) is 11.2. The lowest BCUT2D eigenvalue weighted by atomic mass is 9.85. The summed E-state index contributed by atoms with van der Waals surface area (Å²) >= 11 is 0. The second-order valence-corrected chi connectivity index (χ2v) is 10.8. The molecule has 6 nitrogen and oxygen atoms in total. The number of likely N-dealkylation sites (tertiary alicyclic amines) is 1. The number of hydrogen-bond donors (Lipinski definition) is 1. The number of nitrogens with zero attached hydrogens (tertiary/aromatic N) is 2. The van der Waals surface area contributed by atoms with Crippen molar-refractivity contribution in [2.75, 3.05) is 6.61 Å². The highest BCUT2D eigenvalue weighted by molar-refractivity contribution is 6.46. The number of aryl methyl sites for hydroxylation is 1. The number of aliphatic hydroxyl groups excluding tert-OH is 1. The summed E-state index contributed by atoms with van der Waals surface area (Å²) in [7, 11) is 0. The number of rotatable bonds is 8. The number of ketones is 1. The number of aliphatic hydroxyl groups is 1. The molecule has 6 heteroatoms. The van der Waals surface area contributed by atoms with Crippen molar-refractivity contribution in [1.82, 2.24) is 9.88 Å². The normalized spacial score (nSPS) is 17.2. The monoisotopic (exact) mass is 512 g/mol. The van der Waals surface area contributed by atoms with E-state index in [0.717, 1.165) is 40.8 Å². The van der Waals surface area contributed by atoms with Crippen LogP contribution >= 0.6 is 0 Å². The number of carbonyl (C=O) groups is 2. The number of aromatic nitrogens is 1. The molecule has 1 fully saturated rings. The molecular formula is C32H36N2O4. The number of carbonyl (C=O) groups excluding carboxylic acids is 2. The van der Waals surface area contributed by atoms with Crippen molar-refractivity contribution in [3.05, 3.63) is 100 Å². The highest BCUT2D eigenvalue weighted by Crippen LogP contribution is 2.41. The quantitative estimate of drug-likeness (QED) is 0.162. The molecule has 0 aliphatic carbocycles. The van der Waals surface area contributed by atoms with Crippen LogP contribution in [0.4, 0.5) is 0 Å². The zero-order valence-corrected chi connectivity index (χ0v) is 22.8. The summed E-state index contributed by atoms with van der Waals surface area (Å²) in [6, 6.07) is 16.2. The molecule has 1 N–H and O–H groups in total. The number of benzene rings is 2. The summed E-state index contributed by atoms with van der Waals surface area (Å²) in [5.74, 6) is -0.791. The van der Waals surface area contributed by atoms with Crippen molar-refractivity contribution in [2.45, 2.75) is 65.5 Å². The van der Waals surface area contributed by atoms with Gasteiger partial charge < -0.3 is 14.7 Å². The molecule has 198 valence electrons. The largest absolute Gasteiger partial charge is 0.507 e. The highest BCUT2D eigenvalue weighted by atomic mass is 16.5. The Hall–Kier alpha value is -3.93. The Balaban J connectivity index is 1.79. The molecule has 1 atom stereocenters. The lowest BCUT2D eigenvalue weighted by molar-refractivity contribution is -0.140. The fraction of sp³-hybridized carbons (Fsp3) is 0.344. The van der Waals surface area contributed by atoms with Crippen molar-refractivity contribution in [3.63, 3.8) is 0 Å². The molecule has 0 saturated carbocycles. The molecule has 2 heterocycles. The average molecular weight is 513 g/mol. The van der Waals surface area contributed by atoms with Crippen LogP contribution < -0.4 is 4.74 Å². The van der Waals surface area contributed by atoms with E-state index < -0.39 is 17.7 Å². The van der Waals surface area contributed by atoms with Crippen molar-refractivity contribution >= 4 is 17.4 Å². The number of pyridine rings is 1. The van der Waals surface area contributed by atoms with Gasteiger partial charge in [-0.15, -0.1) is 0 Å². The topological polar surface area (TPSA) is 79.7 Å². The van der Waals surface area contributed by atoms with Crippen molar-refractivity contribution in [2.24, 2.45) is 0 Å². The number of unbranched alkanes of at least 4 members (excludes halogenated alkanes) is 1. The van der Waals surface area contributed by atoms with Crippen LogP contribution in [0.1, 0.15) is 74.4 Å². The maximum atomic E-state index is 13.4. The first kappa shape index (κ1) is 27.1. The Morgan fingerprint density at radius 2 is 1.82 bits per heavy atom. The van der Waals surface area contributed by atoms with Crippen LogP contribution in [0, 0.1) is 6.92 Å². The molecule has 4 rings (SSSR count). The second-order valence-electron chi connectivity index (χ2n) is 10.8. The van der Waals surface area contributed by atoms with Gasteiger partial charge in [0.15, 0.2) is 0 Å². The number of amides is 1. The van der Waals surface area contributed by atoms with Gasteiger partial charge in [-0.3, -0.25) is 14.6 Å². The molecular weight excluding hydrogens is 476 g/mol. The Labute approximate surface area is 225 Å². The predicted octanol–water partition coefficient (Wildman–Crippen LogP) is 6.49. The van der Waals surface area contributed by atoms with Gasteiger partial charge >= 0.3 is 0 Å². The van der Waals surface area contributed by atoms with Crippen LogP contribution in [0.5, 0.6) is 5.75 Å². The maximum absolute atomic E-state index is 13.4. The maximum Gasteiger partial charge on any atom is 0.295 e. The minimum Gasteiger partial charge on any atom is -0.507 e. The summed E-state index contributed by atoms with van der Waals surface area (Å²) in [6.07, 6.45) is 5.33. The molecule has 3 aromatic rings. The Morgan fingerprint density at radius 3 is 2.42 bits per heavy atom. The first-order chi connectivity index (χ1) is 18.1. The molecule has 0 radical (unpaired) electrons. The summed E-state index contributed by atoms with van der Waals surface area (Å²) in [6.45, 7) is 11.2. The Kier molecular flexibility index (Phi) is 8.00. The molecule has 1 unspecified atom stereocenters. The fourth-order valence-electron chi connectivity index (χ4n) is 4.68. The molecule has 0 spiro atoms. The van der Waals surface area contributed by atoms with Gasteiger partial charge in [-0.1, -0.05) is 64.4 Å². The molecule has 1 saturated heterocycles. The third-order valence-corrected chi connectivity index (χ3v) is 6.91. The molecule has 2 aromatic carbocycles. The molecule has 1 aliphatic heterocycles. The van der Waals surface area contributed by atoms with Crippen molar-refractivity contribution in [3.8, 4) is 5.75 Å². The SMILES string of the molecule is CCCCOc1ccc(/C(O)=C2/C(=O)C(=O)N(Cc3cccnc3)C2c2ccc(C(C)(C)C)cc2)cc1C. The lowest BCUT2D eigenvalue weighted by Crippen LogP contribution is -2.29. The molecule has 1 amide bonds. The smallest absolute Gasteiger partial charge is 0.295 e. The summed E-state index contributed by atoms with van der Waals surface area (Å²) in [5.41, 5.74) is 4.06. The Bertz CT molecular complexity index is 1340. The number of Topliss-reactive ketones (excluding diaryl/α,β-unsaturated/α-hetero) is 1. The molecule has 0 bridgehead atoms. The van der Waals surface area contributed by atoms with Crippen molar-refractivity contribution < 1.29 is 19.4 Å². The third kappa shape index (κ3) is 5.64. The Morgan fingerprint density at radius 1 is 1.08 bits per heavy atom. The standard InChI is InChI=1S/C32H36N2O4/c1-6-7-17-38-26-15-12-24(18-21(26)2)29(35)27-28(23-10-13-25(14-11-23)32(3,4)5)34(31(37)30(27)36)20-22-9-8-16-33-19-22/h8-16,18-19,28,35H,6-7,17,20H2,1-5H3/b29-27-. The van der Waals surface area contributed by atoms with E-state index in [4.69, 9.17) is 4.74 Å². The van der Waals surface area contributed by atoms with E-state index in [-0.39, 0.29) is 23.3 Å². The zero-order chi connectivity index (χ0) is 27.4. The van der Waals surface area contributed by atoms with Crippen LogP contribution in [0.3, 0.4) is 0 Å². The van der Waals surface area contributed by atoms with Crippen LogP contribution in [0.2, 0.25) is 0 Å². The van der Waals surface area contributed by atoms with Crippen molar-refractivity contribution in [1.29, 1.82) is 0 Å². The minimum absolute atomic E-state index is 0.0471. The van der Waals surface area contributed by atoms with Gasteiger partial charge in [0.25, 0.3) is 11.7 Å². The van der Waals surface area contributed by atoms with Crippen LogP contribution in [-0.2, 0) is 21.5 Å².